The molecule has 0 aliphatic rings. The van der Waals surface area contributed by atoms with Gasteiger partial charge in [-0.15, -0.1) is 11.3 Å². The van der Waals surface area contributed by atoms with Gasteiger partial charge in [-0.05, 0) is 50.5 Å². The van der Waals surface area contributed by atoms with Crippen molar-refractivity contribution >= 4 is 38.3 Å². The van der Waals surface area contributed by atoms with Gasteiger partial charge in [0.25, 0.3) is 5.91 Å². The molecule has 1 atom stereocenters. The van der Waals surface area contributed by atoms with Crippen LogP contribution in [0.1, 0.15) is 34.1 Å². The highest BCUT2D eigenvalue weighted by molar-refractivity contribution is 7.21. The maximum atomic E-state index is 12.7. The minimum absolute atomic E-state index is 0.0355. The van der Waals surface area contributed by atoms with Crippen LogP contribution < -0.4 is 10.9 Å². The molecular weight excluding hydrogens is 370 g/mol. The van der Waals surface area contributed by atoms with Crippen molar-refractivity contribution in [2.24, 2.45) is 0 Å². The quantitative estimate of drug-likeness (QED) is 0.483. The lowest BCUT2D eigenvalue weighted by Gasteiger charge is -2.13. The number of amides is 1. The summed E-state index contributed by atoms with van der Waals surface area (Å²) in [6, 6.07) is 17.6. The molecule has 0 radical (unpaired) electrons. The normalized spacial score (nSPS) is 12.4. The number of hydrogen-bond donors (Lipinski definition) is 1. The lowest BCUT2D eigenvalue weighted by molar-refractivity contribution is 0.0942. The molecule has 0 saturated carbocycles. The number of thiophene rings is 1. The van der Waals surface area contributed by atoms with Gasteiger partial charge in [-0.1, -0.05) is 42.0 Å². The molecule has 0 fully saturated rings. The summed E-state index contributed by atoms with van der Waals surface area (Å²) < 4.78 is 6.21. The minimum Gasteiger partial charge on any atom is -0.422 e. The number of rotatable bonds is 5. The standard InChI is InChI=1S/C23H21NO3S/c1-14-8-11-19-17(12-14)21-18(23(26)27-19)13-20(28-21)22(25)24-15(2)9-10-16-6-4-3-5-7-16/h3-8,11-13,15H,9-10H2,1-2H3,(H,24,25). The molecular formula is C23H21NO3S. The predicted molar refractivity (Wildman–Crippen MR) is 114 cm³/mol. The van der Waals surface area contributed by atoms with Gasteiger partial charge in [-0.3, -0.25) is 4.79 Å². The van der Waals surface area contributed by atoms with Crippen LogP contribution >= 0.6 is 11.3 Å². The molecule has 2 aromatic carbocycles. The van der Waals surface area contributed by atoms with E-state index in [9.17, 15) is 9.59 Å². The summed E-state index contributed by atoms with van der Waals surface area (Å²) in [4.78, 5) is 25.6. The summed E-state index contributed by atoms with van der Waals surface area (Å²) in [7, 11) is 0. The predicted octanol–water partition coefficient (Wildman–Crippen LogP) is 5.07. The second-order valence-electron chi connectivity index (χ2n) is 7.14. The molecule has 2 heterocycles. The van der Waals surface area contributed by atoms with E-state index in [1.165, 1.54) is 16.9 Å². The van der Waals surface area contributed by atoms with Gasteiger partial charge in [0, 0.05) is 11.4 Å². The molecule has 0 bridgehead atoms. The van der Waals surface area contributed by atoms with Crippen molar-refractivity contribution in [1.29, 1.82) is 0 Å². The monoisotopic (exact) mass is 391 g/mol. The Kier molecular flexibility index (Phi) is 5.01. The first-order valence-corrected chi connectivity index (χ1v) is 10.1. The number of benzene rings is 2. The van der Waals surface area contributed by atoms with Crippen LogP contribution in [0, 0.1) is 6.92 Å². The van der Waals surface area contributed by atoms with Crippen LogP contribution in [0.4, 0.5) is 0 Å². The first kappa shape index (κ1) is 18.4. The highest BCUT2D eigenvalue weighted by atomic mass is 32.1. The van der Waals surface area contributed by atoms with Crippen molar-refractivity contribution in [3.8, 4) is 0 Å². The van der Waals surface area contributed by atoms with E-state index in [0.29, 0.717) is 15.8 Å². The van der Waals surface area contributed by atoms with E-state index in [1.807, 2.05) is 44.2 Å². The molecule has 4 nitrogen and oxygen atoms in total. The number of carbonyl (C=O) groups is 1. The Morgan fingerprint density at radius 2 is 1.89 bits per heavy atom. The third-order valence-corrected chi connectivity index (χ3v) is 6.01. The Morgan fingerprint density at radius 1 is 1.11 bits per heavy atom. The molecule has 2 aromatic heterocycles. The molecule has 1 N–H and O–H groups in total. The summed E-state index contributed by atoms with van der Waals surface area (Å²) in [5.74, 6) is -0.151. The number of fused-ring (bicyclic) bond motifs is 3. The highest BCUT2D eigenvalue weighted by Gasteiger charge is 2.17. The van der Waals surface area contributed by atoms with Gasteiger partial charge >= 0.3 is 5.63 Å². The molecule has 28 heavy (non-hydrogen) atoms. The molecule has 0 aliphatic heterocycles. The number of aryl methyl sites for hydroxylation is 2. The van der Waals surface area contributed by atoms with E-state index in [2.05, 4.69) is 17.4 Å². The minimum atomic E-state index is -0.404. The zero-order valence-corrected chi connectivity index (χ0v) is 16.6. The molecule has 0 saturated heterocycles. The van der Waals surface area contributed by atoms with Crippen molar-refractivity contribution in [3.63, 3.8) is 0 Å². The molecule has 0 aliphatic carbocycles. The van der Waals surface area contributed by atoms with E-state index in [0.717, 1.165) is 28.5 Å². The molecule has 4 rings (SSSR count). The van der Waals surface area contributed by atoms with Crippen LogP contribution in [0.5, 0.6) is 0 Å². The lowest BCUT2D eigenvalue weighted by atomic mass is 10.1. The Hall–Kier alpha value is -2.92. The zero-order valence-electron chi connectivity index (χ0n) is 15.8. The molecule has 0 spiro atoms. The smallest absolute Gasteiger partial charge is 0.345 e. The number of hydrogen-bond acceptors (Lipinski definition) is 4. The molecule has 142 valence electrons. The number of carbonyl (C=O) groups excluding carboxylic acids is 1. The third-order valence-electron chi connectivity index (χ3n) is 4.84. The van der Waals surface area contributed by atoms with Gasteiger partial charge in [0.05, 0.1) is 15.0 Å². The fourth-order valence-corrected chi connectivity index (χ4v) is 4.38. The van der Waals surface area contributed by atoms with Crippen LogP contribution in [-0.4, -0.2) is 11.9 Å². The van der Waals surface area contributed by atoms with Gasteiger partial charge < -0.3 is 9.73 Å². The highest BCUT2D eigenvalue weighted by Crippen LogP contribution is 2.31. The SMILES string of the molecule is Cc1ccc2oc(=O)c3cc(C(=O)NC(C)CCc4ccccc4)sc3c2c1. The van der Waals surface area contributed by atoms with Crippen LogP contribution in [0.3, 0.4) is 0 Å². The summed E-state index contributed by atoms with van der Waals surface area (Å²) >= 11 is 1.34. The van der Waals surface area contributed by atoms with E-state index in [1.54, 1.807) is 12.1 Å². The van der Waals surface area contributed by atoms with Crippen molar-refractivity contribution in [2.75, 3.05) is 0 Å². The summed E-state index contributed by atoms with van der Waals surface area (Å²) in [5.41, 5.74) is 2.48. The van der Waals surface area contributed by atoms with Gasteiger partial charge in [0.15, 0.2) is 0 Å². The Balaban J connectivity index is 1.56. The zero-order chi connectivity index (χ0) is 19.7. The second-order valence-corrected chi connectivity index (χ2v) is 8.19. The number of nitrogens with one attached hydrogen (secondary N) is 1. The molecule has 1 amide bonds. The molecule has 5 heteroatoms. The third kappa shape index (κ3) is 3.71. The van der Waals surface area contributed by atoms with E-state index in [4.69, 9.17) is 4.42 Å². The van der Waals surface area contributed by atoms with Crippen LogP contribution in [0.15, 0.2) is 63.8 Å². The topological polar surface area (TPSA) is 59.3 Å². The van der Waals surface area contributed by atoms with Gasteiger partial charge in [0.2, 0.25) is 0 Å². The Morgan fingerprint density at radius 3 is 2.68 bits per heavy atom. The van der Waals surface area contributed by atoms with Gasteiger partial charge in [-0.25, -0.2) is 4.79 Å². The lowest BCUT2D eigenvalue weighted by Crippen LogP contribution is -2.32. The van der Waals surface area contributed by atoms with Crippen LogP contribution in [0.25, 0.3) is 21.1 Å². The Labute approximate surface area is 166 Å². The maximum Gasteiger partial charge on any atom is 0.345 e. The summed E-state index contributed by atoms with van der Waals surface area (Å²) in [6.45, 7) is 3.99. The summed E-state index contributed by atoms with van der Waals surface area (Å²) in [5, 5.41) is 4.38. The van der Waals surface area contributed by atoms with Crippen molar-refractivity contribution in [1.82, 2.24) is 5.32 Å². The molecule has 1 unspecified atom stereocenters. The second kappa shape index (κ2) is 7.60. The summed E-state index contributed by atoms with van der Waals surface area (Å²) in [6.07, 6.45) is 1.76. The van der Waals surface area contributed by atoms with Crippen molar-refractivity contribution in [2.45, 2.75) is 32.7 Å². The van der Waals surface area contributed by atoms with Crippen molar-refractivity contribution < 1.29 is 9.21 Å². The van der Waals surface area contributed by atoms with E-state index >= 15 is 0 Å². The maximum absolute atomic E-state index is 12.7. The average molecular weight is 391 g/mol. The first-order chi connectivity index (χ1) is 13.5. The van der Waals surface area contributed by atoms with Gasteiger partial charge in [-0.2, -0.15) is 0 Å². The van der Waals surface area contributed by atoms with Crippen LogP contribution in [-0.2, 0) is 6.42 Å². The Bertz CT molecular complexity index is 1210. The fourth-order valence-electron chi connectivity index (χ4n) is 3.31. The van der Waals surface area contributed by atoms with Crippen LogP contribution in [0.2, 0.25) is 0 Å². The first-order valence-electron chi connectivity index (χ1n) is 9.33. The van der Waals surface area contributed by atoms with Gasteiger partial charge in [0.1, 0.15) is 5.58 Å². The van der Waals surface area contributed by atoms with E-state index < -0.39 is 5.63 Å². The average Bonchev–Trinajstić information content (AvgIpc) is 3.15. The largest absolute Gasteiger partial charge is 0.422 e. The van der Waals surface area contributed by atoms with Crippen molar-refractivity contribution in [3.05, 3.63) is 81.0 Å². The molecule has 4 aromatic rings. The van der Waals surface area contributed by atoms with E-state index in [-0.39, 0.29) is 11.9 Å². The fraction of sp³-hybridized carbons (Fsp3) is 0.217.